The molecule has 0 aromatic heterocycles. The first-order valence-electron chi connectivity index (χ1n) is 4.75. The largest absolute Gasteiger partial charge is 0.465 e. The summed E-state index contributed by atoms with van der Waals surface area (Å²) in [6.07, 6.45) is -0.999. The molecule has 0 radical (unpaired) electrons. The van der Waals surface area contributed by atoms with Crippen LogP contribution < -0.4 is 0 Å². The zero-order valence-corrected chi connectivity index (χ0v) is 8.79. The molecule has 0 bridgehead atoms. The third kappa shape index (κ3) is 2.94. The van der Waals surface area contributed by atoms with Crippen molar-refractivity contribution in [3.05, 3.63) is 39.9 Å². The molecule has 1 N–H and O–H groups in total. The zero-order chi connectivity index (χ0) is 12.1. The third-order valence-corrected chi connectivity index (χ3v) is 2.17. The van der Waals surface area contributed by atoms with Crippen molar-refractivity contribution in [2.75, 3.05) is 6.54 Å². The molecule has 0 saturated carbocycles. The lowest BCUT2D eigenvalue weighted by Crippen LogP contribution is -2.28. The molecule has 0 aliphatic carbocycles. The van der Waals surface area contributed by atoms with Crippen LogP contribution in [0.3, 0.4) is 0 Å². The quantitative estimate of drug-likeness (QED) is 0.627. The summed E-state index contributed by atoms with van der Waals surface area (Å²) in [6.45, 7) is 2.36. The van der Waals surface area contributed by atoms with Gasteiger partial charge >= 0.3 is 6.09 Å². The van der Waals surface area contributed by atoms with E-state index in [1.165, 1.54) is 17.0 Å². The van der Waals surface area contributed by atoms with Crippen molar-refractivity contribution < 1.29 is 14.8 Å². The number of hydrogen-bond acceptors (Lipinski definition) is 3. The molecule has 0 heterocycles. The van der Waals surface area contributed by atoms with Gasteiger partial charge < -0.3 is 10.0 Å². The summed E-state index contributed by atoms with van der Waals surface area (Å²) in [5.41, 5.74) is 0.733. The number of carbonyl (C=O) groups is 1. The number of nitro groups is 1. The fourth-order valence-corrected chi connectivity index (χ4v) is 1.26. The van der Waals surface area contributed by atoms with Crippen molar-refractivity contribution in [1.29, 1.82) is 0 Å². The Morgan fingerprint density at radius 1 is 1.44 bits per heavy atom. The maximum atomic E-state index is 10.7. The number of benzene rings is 1. The molecular formula is C10H12N2O4. The topological polar surface area (TPSA) is 83.7 Å². The van der Waals surface area contributed by atoms with E-state index in [0.717, 1.165) is 5.56 Å². The number of nitro benzene ring substituents is 1. The molecule has 6 heteroatoms. The fourth-order valence-electron chi connectivity index (χ4n) is 1.26. The van der Waals surface area contributed by atoms with Crippen molar-refractivity contribution in [3.63, 3.8) is 0 Å². The van der Waals surface area contributed by atoms with Crippen LogP contribution in [0.4, 0.5) is 10.5 Å². The summed E-state index contributed by atoms with van der Waals surface area (Å²) in [5, 5.41) is 19.2. The van der Waals surface area contributed by atoms with E-state index in [9.17, 15) is 14.9 Å². The molecule has 1 rings (SSSR count). The van der Waals surface area contributed by atoms with Gasteiger partial charge in [-0.15, -0.1) is 0 Å². The van der Waals surface area contributed by atoms with E-state index in [1.54, 1.807) is 19.1 Å². The summed E-state index contributed by atoms with van der Waals surface area (Å²) in [7, 11) is 0. The molecule has 0 fully saturated rings. The Hall–Kier alpha value is -2.11. The van der Waals surface area contributed by atoms with Gasteiger partial charge in [0.1, 0.15) is 0 Å². The number of non-ortho nitro benzene ring substituents is 1. The van der Waals surface area contributed by atoms with Crippen molar-refractivity contribution in [2.45, 2.75) is 13.5 Å². The highest BCUT2D eigenvalue weighted by molar-refractivity contribution is 5.64. The minimum absolute atomic E-state index is 0.00197. The highest BCUT2D eigenvalue weighted by Crippen LogP contribution is 2.13. The van der Waals surface area contributed by atoms with Crippen LogP contribution in [0.2, 0.25) is 0 Å². The lowest BCUT2D eigenvalue weighted by molar-refractivity contribution is -0.384. The van der Waals surface area contributed by atoms with Crippen LogP contribution in [-0.4, -0.2) is 27.6 Å². The smallest absolute Gasteiger partial charge is 0.407 e. The van der Waals surface area contributed by atoms with Crippen LogP contribution in [0.5, 0.6) is 0 Å². The summed E-state index contributed by atoms with van der Waals surface area (Å²) >= 11 is 0. The second-order valence-electron chi connectivity index (χ2n) is 3.22. The SMILES string of the molecule is CCN(Cc1ccc([N+](=O)[O-])cc1)C(=O)O. The van der Waals surface area contributed by atoms with E-state index >= 15 is 0 Å². The molecule has 0 unspecified atom stereocenters. The Balaban J connectivity index is 2.75. The fraction of sp³-hybridized carbons (Fsp3) is 0.300. The predicted octanol–water partition coefficient (Wildman–Crippen LogP) is 2.09. The Morgan fingerprint density at radius 3 is 2.38 bits per heavy atom. The molecule has 1 aromatic rings. The maximum absolute atomic E-state index is 10.7. The molecule has 16 heavy (non-hydrogen) atoms. The van der Waals surface area contributed by atoms with Gasteiger partial charge in [-0.2, -0.15) is 0 Å². The van der Waals surface area contributed by atoms with Gasteiger partial charge in [0.2, 0.25) is 0 Å². The molecule has 86 valence electrons. The van der Waals surface area contributed by atoms with Gasteiger partial charge in [0.05, 0.1) is 4.92 Å². The first-order chi connectivity index (χ1) is 7.54. The lowest BCUT2D eigenvalue weighted by atomic mass is 10.2. The second-order valence-corrected chi connectivity index (χ2v) is 3.22. The minimum Gasteiger partial charge on any atom is -0.465 e. The Morgan fingerprint density at radius 2 is 2.00 bits per heavy atom. The minimum atomic E-state index is -0.999. The number of amides is 1. The van der Waals surface area contributed by atoms with Crippen molar-refractivity contribution in [2.24, 2.45) is 0 Å². The second kappa shape index (κ2) is 5.11. The summed E-state index contributed by atoms with van der Waals surface area (Å²) in [6, 6.07) is 5.85. The van der Waals surface area contributed by atoms with Gasteiger partial charge in [0.25, 0.3) is 5.69 Å². The number of nitrogens with zero attached hydrogens (tertiary/aromatic N) is 2. The Kier molecular flexibility index (Phi) is 3.82. The Bertz CT molecular complexity index is 388. The van der Waals surface area contributed by atoms with Crippen molar-refractivity contribution >= 4 is 11.8 Å². The molecular weight excluding hydrogens is 212 g/mol. The molecule has 0 saturated heterocycles. The summed E-state index contributed by atoms with van der Waals surface area (Å²) in [4.78, 5) is 21.9. The average molecular weight is 224 g/mol. The molecule has 6 nitrogen and oxygen atoms in total. The van der Waals surface area contributed by atoms with Crippen molar-refractivity contribution in [1.82, 2.24) is 4.90 Å². The standard InChI is InChI=1S/C10H12N2O4/c1-2-11(10(13)14)7-8-3-5-9(6-4-8)12(15)16/h3-6H,2,7H2,1H3,(H,13,14). The van der Waals surface area contributed by atoms with Crippen molar-refractivity contribution in [3.8, 4) is 0 Å². The van der Waals surface area contributed by atoms with E-state index in [4.69, 9.17) is 5.11 Å². The molecule has 0 spiro atoms. The van der Waals surface area contributed by atoms with Crippen LogP contribution in [0.1, 0.15) is 12.5 Å². The first kappa shape index (κ1) is 12.0. The normalized spacial score (nSPS) is 9.81. The summed E-state index contributed by atoms with van der Waals surface area (Å²) in [5.74, 6) is 0. The van der Waals surface area contributed by atoms with Crippen LogP contribution in [-0.2, 0) is 6.54 Å². The predicted molar refractivity (Wildman–Crippen MR) is 57.2 cm³/mol. The van der Waals surface area contributed by atoms with E-state index in [1.807, 2.05) is 0 Å². The molecule has 0 aliphatic rings. The number of carboxylic acid groups (broad SMARTS) is 1. The molecule has 1 amide bonds. The molecule has 0 atom stereocenters. The van der Waals surface area contributed by atoms with Crippen LogP contribution in [0.15, 0.2) is 24.3 Å². The van der Waals surface area contributed by atoms with Gasteiger partial charge in [0.15, 0.2) is 0 Å². The maximum Gasteiger partial charge on any atom is 0.407 e. The number of hydrogen-bond donors (Lipinski definition) is 1. The highest BCUT2D eigenvalue weighted by atomic mass is 16.6. The van der Waals surface area contributed by atoms with Gasteiger partial charge in [0, 0.05) is 25.2 Å². The summed E-state index contributed by atoms with van der Waals surface area (Å²) < 4.78 is 0. The van der Waals surface area contributed by atoms with Gasteiger partial charge in [-0.05, 0) is 12.5 Å². The zero-order valence-electron chi connectivity index (χ0n) is 8.79. The van der Waals surface area contributed by atoms with Crippen LogP contribution in [0.25, 0.3) is 0 Å². The number of rotatable bonds is 4. The Labute approximate surface area is 92.3 Å². The van der Waals surface area contributed by atoms with Gasteiger partial charge in [-0.3, -0.25) is 10.1 Å². The molecule has 1 aromatic carbocycles. The monoisotopic (exact) mass is 224 g/mol. The van der Waals surface area contributed by atoms with E-state index < -0.39 is 11.0 Å². The first-order valence-corrected chi connectivity index (χ1v) is 4.75. The highest BCUT2D eigenvalue weighted by Gasteiger charge is 2.10. The van der Waals surface area contributed by atoms with Gasteiger partial charge in [-0.25, -0.2) is 4.79 Å². The lowest BCUT2D eigenvalue weighted by Gasteiger charge is -2.16. The van der Waals surface area contributed by atoms with Gasteiger partial charge in [-0.1, -0.05) is 12.1 Å². The molecule has 0 aliphatic heterocycles. The van der Waals surface area contributed by atoms with Crippen LogP contribution in [0, 0.1) is 10.1 Å². The van der Waals surface area contributed by atoms with E-state index in [0.29, 0.717) is 6.54 Å². The van der Waals surface area contributed by atoms with E-state index in [-0.39, 0.29) is 12.2 Å². The average Bonchev–Trinajstić information content (AvgIpc) is 2.26. The van der Waals surface area contributed by atoms with E-state index in [2.05, 4.69) is 0 Å². The third-order valence-electron chi connectivity index (χ3n) is 2.17. The van der Waals surface area contributed by atoms with Crippen LogP contribution >= 0.6 is 0 Å².